The third kappa shape index (κ3) is 7.07. The third-order valence-corrected chi connectivity index (χ3v) is 5.69. The molecule has 10 heteroatoms. The van der Waals surface area contributed by atoms with Crippen LogP contribution in [0.25, 0.3) is 12.2 Å². The van der Waals surface area contributed by atoms with E-state index < -0.39 is 17.6 Å². The lowest BCUT2D eigenvalue weighted by molar-refractivity contribution is -0.137. The number of hydrogen-bond donors (Lipinski definition) is 0. The summed E-state index contributed by atoms with van der Waals surface area (Å²) in [6.07, 6.45) is 2.02. The Morgan fingerprint density at radius 3 is 2.59 bits per heavy atom. The summed E-state index contributed by atoms with van der Waals surface area (Å²) < 4.78 is 70.8. The maximum atomic E-state index is 14.0. The lowest BCUT2D eigenvalue weighted by Gasteiger charge is -2.10. The SMILES string of the molecule is Cc1cc(OCc2coc(/C=C/c3ccc(C(F)(F)F)cc3F)n2)ccc1COCCc1ccnn1C. The molecule has 4 aromatic rings. The van der Waals surface area contributed by atoms with Crippen molar-refractivity contribution in [1.82, 2.24) is 14.8 Å². The van der Waals surface area contributed by atoms with Crippen LogP contribution in [0.2, 0.25) is 0 Å². The Morgan fingerprint density at radius 1 is 1.05 bits per heavy atom. The molecule has 194 valence electrons. The van der Waals surface area contributed by atoms with Gasteiger partial charge < -0.3 is 13.9 Å². The highest BCUT2D eigenvalue weighted by Gasteiger charge is 2.31. The first-order valence-electron chi connectivity index (χ1n) is 11.5. The van der Waals surface area contributed by atoms with Gasteiger partial charge in [-0.15, -0.1) is 0 Å². The maximum absolute atomic E-state index is 14.0. The Kier molecular flexibility index (Phi) is 8.08. The fourth-order valence-electron chi connectivity index (χ4n) is 3.55. The topological polar surface area (TPSA) is 62.3 Å². The lowest BCUT2D eigenvalue weighted by atomic mass is 10.1. The molecule has 0 atom stereocenters. The molecule has 0 bridgehead atoms. The molecule has 0 fully saturated rings. The predicted molar refractivity (Wildman–Crippen MR) is 129 cm³/mol. The predicted octanol–water partition coefficient (Wildman–Crippen LogP) is 6.38. The molecule has 37 heavy (non-hydrogen) atoms. The average molecular weight is 516 g/mol. The Labute approximate surface area is 211 Å². The second kappa shape index (κ2) is 11.4. The van der Waals surface area contributed by atoms with E-state index in [2.05, 4.69) is 10.1 Å². The maximum Gasteiger partial charge on any atom is 0.416 e. The first-order valence-corrected chi connectivity index (χ1v) is 11.5. The molecule has 0 spiro atoms. The van der Waals surface area contributed by atoms with Gasteiger partial charge in [0.2, 0.25) is 5.89 Å². The number of benzene rings is 2. The van der Waals surface area contributed by atoms with E-state index in [0.29, 0.717) is 30.7 Å². The van der Waals surface area contributed by atoms with Crippen LogP contribution in [0.15, 0.2) is 59.3 Å². The molecule has 0 radical (unpaired) electrons. The van der Waals surface area contributed by atoms with Crippen LogP contribution in [-0.2, 0) is 37.6 Å². The minimum absolute atomic E-state index is 0.0134. The van der Waals surface area contributed by atoms with Crippen LogP contribution in [0.3, 0.4) is 0 Å². The molecule has 0 aliphatic rings. The molecule has 2 aromatic heterocycles. The van der Waals surface area contributed by atoms with Crippen molar-refractivity contribution in [2.24, 2.45) is 7.05 Å². The molecule has 0 unspecified atom stereocenters. The zero-order chi connectivity index (χ0) is 26.4. The zero-order valence-corrected chi connectivity index (χ0v) is 20.3. The molecular weight excluding hydrogens is 490 g/mol. The fourth-order valence-corrected chi connectivity index (χ4v) is 3.55. The molecule has 4 rings (SSSR count). The Bertz CT molecular complexity index is 1380. The monoisotopic (exact) mass is 515 g/mol. The van der Waals surface area contributed by atoms with Gasteiger partial charge in [-0.3, -0.25) is 4.68 Å². The van der Waals surface area contributed by atoms with Crippen molar-refractivity contribution in [3.05, 3.63) is 100 Å². The van der Waals surface area contributed by atoms with Crippen LogP contribution in [0, 0.1) is 12.7 Å². The van der Waals surface area contributed by atoms with E-state index in [0.717, 1.165) is 35.4 Å². The van der Waals surface area contributed by atoms with E-state index in [-0.39, 0.29) is 18.1 Å². The van der Waals surface area contributed by atoms with E-state index in [1.165, 1.54) is 18.4 Å². The van der Waals surface area contributed by atoms with Crippen LogP contribution < -0.4 is 4.74 Å². The summed E-state index contributed by atoms with van der Waals surface area (Å²) in [6, 6.07) is 10.0. The molecule has 0 saturated carbocycles. The Hall–Kier alpha value is -3.92. The van der Waals surface area contributed by atoms with Crippen LogP contribution in [0.1, 0.15) is 39.5 Å². The van der Waals surface area contributed by atoms with Gasteiger partial charge in [-0.25, -0.2) is 9.37 Å². The van der Waals surface area contributed by atoms with Gasteiger partial charge in [0.1, 0.15) is 30.1 Å². The number of aromatic nitrogens is 3. The summed E-state index contributed by atoms with van der Waals surface area (Å²) in [7, 11) is 1.90. The summed E-state index contributed by atoms with van der Waals surface area (Å²) in [4.78, 5) is 4.24. The Morgan fingerprint density at radius 2 is 1.89 bits per heavy atom. The van der Waals surface area contributed by atoms with Crippen molar-refractivity contribution in [3.8, 4) is 5.75 Å². The lowest BCUT2D eigenvalue weighted by Crippen LogP contribution is -2.05. The van der Waals surface area contributed by atoms with Crippen LogP contribution >= 0.6 is 0 Å². The average Bonchev–Trinajstić information content (AvgIpc) is 3.48. The number of hydrogen-bond acceptors (Lipinski definition) is 5. The molecule has 6 nitrogen and oxygen atoms in total. The largest absolute Gasteiger partial charge is 0.487 e. The van der Waals surface area contributed by atoms with E-state index in [1.54, 1.807) is 6.20 Å². The van der Waals surface area contributed by atoms with Crippen molar-refractivity contribution in [1.29, 1.82) is 0 Å². The zero-order valence-electron chi connectivity index (χ0n) is 20.3. The van der Waals surface area contributed by atoms with E-state index in [9.17, 15) is 17.6 Å². The number of oxazole rings is 1. The van der Waals surface area contributed by atoms with Crippen LogP contribution in [0.5, 0.6) is 5.75 Å². The van der Waals surface area contributed by atoms with E-state index in [4.69, 9.17) is 13.9 Å². The van der Waals surface area contributed by atoms with Gasteiger partial charge in [0.15, 0.2) is 0 Å². The smallest absolute Gasteiger partial charge is 0.416 e. The van der Waals surface area contributed by atoms with Crippen molar-refractivity contribution in [2.45, 2.75) is 32.7 Å². The molecule has 0 N–H and O–H groups in total. The number of ether oxygens (including phenoxy) is 2. The molecule has 2 heterocycles. The molecule has 0 aliphatic carbocycles. The molecular formula is C27H25F4N3O3. The van der Waals surface area contributed by atoms with Crippen LogP contribution in [-0.4, -0.2) is 21.4 Å². The number of halogens is 4. The summed E-state index contributed by atoms with van der Waals surface area (Å²) in [5, 5.41) is 4.14. The number of nitrogens with zero attached hydrogens (tertiary/aromatic N) is 3. The van der Waals surface area contributed by atoms with Crippen molar-refractivity contribution < 1.29 is 31.5 Å². The van der Waals surface area contributed by atoms with Gasteiger partial charge in [-0.2, -0.15) is 18.3 Å². The quantitative estimate of drug-likeness (QED) is 0.181. The second-order valence-electron chi connectivity index (χ2n) is 8.37. The summed E-state index contributed by atoms with van der Waals surface area (Å²) in [5.74, 6) is -0.158. The number of alkyl halides is 3. The van der Waals surface area contributed by atoms with Gasteiger partial charge in [-0.05, 0) is 54.5 Å². The summed E-state index contributed by atoms with van der Waals surface area (Å²) >= 11 is 0. The van der Waals surface area contributed by atoms with Crippen molar-refractivity contribution >= 4 is 12.2 Å². The van der Waals surface area contributed by atoms with Gasteiger partial charge in [0.25, 0.3) is 0 Å². The second-order valence-corrected chi connectivity index (χ2v) is 8.37. The highest BCUT2D eigenvalue weighted by molar-refractivity contribution is 5.66. The highest BCUT2D eigenvalue weighted by atomic mass is 19.4. The van der Waals surface area contributed by atoms with Gasteiger partial charge >= 0.3 is 6.18 Å². The normalized spacial score (nSPS) is 11.9. The van der Waals surface area contributed by atoms with Crippen molar-refractivity contribution in [3.63, 3.8) is 0 Å². The first kappa shape index (κ1) is 26.2. The molecule has 0 amide bonds. The van der Waals surface area contributed by atoms with Crippen molar-refractivity contribution in [2.75, 3.05) is 6.61 Å². The van der Waals surface area contributed by atoms with E-state index in [1.807, 2.05) is 42.9 Å². The third-order valence-electron chi connectivity index (χ3n) is 5.69. The fraction of sp³-hybridized carbons (Fsp3) is 0.259. The standard InChI is InChI=1S/C27H25F4N3O3/c1-18-13-24(7-4-20(18)15-35-12-10-23-9-11-32-34(23)2)36-16-22-17-37-26(33-22)8-5-19-3-6-21(14-25(19)28)27(29,30)31/h3-9,11,13-14,17H,10,12,15-16H2,1-2H3/b8-5+. The van der Waals surface area contributed by atoms with E-state index >= 15 is 0 Å². The first-order chi connectivity index (χ1) is 17.7. The minimum atomic E-state index is -4.60. The van der Waals surface area contributed by atoms with Gasteiger partial charge in [0.05, 0.1) is 18.8 Å². The Balaban J connectivity index is 1.27. The summed E-state index contributed by atoms with van der Waals surface area (Å²) in [6.45, 7) is 3.20. The van der Waals surface area contributed by atoms with Gasteiger partial charge in [0, 0.05) is 37.0 Å². The minimum Gasteiger partial charge on any atom is -0.487 e. The molecule has 0 aliphatic heterocycles. The number of aryl methyl sites for hydroxylation is 2. The summed E-state index contributed by atoms with van der Waals surface area (Å²) in [5.41, 5.74) is 2.64. The highest BCUT2D eigenvalue weighted by Crippen LogP contribution is 2.30. The van der Waals surface area contributed by atoms with Gasteiger partial charge in [-0.1, -0.05) is 12.1 Å². The van der Waals surface area contributed by atoms with Crippen LogP contribution in [0.4, 0.5) is 17.6 Å². The molecule has 2 aromatic carbocycles. The molecule has 0 saturated heterocycles. The number of rotatable bonds is 10.